The summed E-state index contributed by atoms with van der Waals surface area (Å²) in [4.78, 5) is 16.7. The Balaban J connectivity index is 1.60. The molecule has 2 fully saturated rings. The first-order valence-electron chi connectivity index (χ1n) is 7.66. The van der Waals surface area contributed by atoms with Crippen LogP contribution < -0.4 is 5.32 Å². The van der Waals surface area contributed by atoms with Crippen LogP contribution in [0.25, 0.3) is 0 Å². The molecule has 1 N–H and O–H groups in total. The fourth-order valence-corrected chi connectivity index (χ4v) is 4.16. The summed E-state index contributed by atoms with van der Waals surface area (Å²) in [5.41, 5.74) is 0. The van der Waals surface area contributed by atoms with Crippen molar-refractivity contribution in [3.05, 3.63) is 22.8 Å². The molecule has 1 aromatic rings. The molecule has 1 heterocycles. The molecule has 3 unspecified atom stereocenters. The van der Waals surface area contributed by atoms with E-state index in [1.807, 2.05) is 18.2 Å². The first-order valence-corrected chi connectivity index (χ1v) is 8.45. The smallest absolute Gasteiger partial charge is 0.228 e. The first-order chi connectivity index (χ1) is 9.72. The van der Waals surface area contributed by atoms with E-state index in [4.69, 9.17) is 0 Å². The molecule has 1 amide bonds. The molecule has 0 spiro atoms. The van der Waals surface area contributed by atoms with Crippen LogP contribution in [0.2, 0.25) is 0 Å². The van der Waals surface area contributed by atoms with E-state index in [1.54, 1.807) is 0 Å². The van der Waals surface area contributed by atoms with Crippen molar-refractivity contribution in [2.75, 3.05) is 5.32 Å². The van der Waals surface area contributed by atoms with E-state index in [1.165, 1.54) is 32.1 Å². The second-order valence-corrected chi connectivity index (χ2v) is 6.96. The molecule has 0 saturated heterocycles. The van der Waals surface area contributed by atoms with Crippen LogP contribution in [0.3, 0.4) is 0 Å². The number of hydrogen-bond donors (Lipinski definition) is 1. The highest BCUT2D eigenvalue weighted by Gasteiger charge is 2.35. The van der Waals surface area contributed by atoms with E-state index in [2.05, 4.69) is 26.2 Å². The van der Waals surface area contributed by atoms with Gasteiger partial charge in [-0.15, -0.1) is 0 Å². The van der Waals surface area contributed by atoms with Gasteiger partial charge in [-0.1, -0.05) is 31.7 Å². The van der Waals surface area contributed by atoms with Crippen molar-refractivity contribution < 1.29 is 4.79 Å². The summed E-state index contributed by atoms with van der Waals surface area (Å²) in [6, 6.07) is 5.60. The third-order valence-corrected chi connectivity index (χ3v) is 5.32. The van der Waals surface area contributed by atoms with Gasteiger partial charge in [-0.2, -0.15) is 0 Å². The number of anilines is 1. The fourth-order valence-electron chi connectivity index (χ4n) is 3.82. The number of hydrogen-bond acceptors (Lipinski definition) is 2. The topological polar surface area (TPSA) is 42.0 Å². The lowest BCUT2D eigenvalue weighted by Gasteiger charge is -2.38. The van der Waals surface area contributed by atoms with Gasteiger partial charge in [0.15, 0.2) is 0 Å². The van der Waals surface area contributed by atoms with Crippen molar-refractivity contribution in [2.24, 2.45) is 17.8 Å². The number of carbonyl (C=O) groups excluding carboxylic acids is 1. The second-order valence-electron chi connectivity index (χ2n) is 6.15. The molecule has 3 nitrogen and oxygen atoms in total. The second kappa shape index (κ2) is 6.25. The quantitative estimate of drug-likeness (QED) is 0.814. The van der Waals surface area contributed by atoms with Crippen LogP contribution in [0.5, 0.6) is 0 Å². The number of aromatic nitrogens is 1. The Bertz CT molecular complexity index is 491. The summed E-state index contributed by atoms with van der Waals surface area (Å²) >= 11 is 3.33. The van der Waals surface area contributed by atoms with E-state index in [-0.39, 0.29) is 11.8 Å². The van der Waals surface area contributed by atoms with Gasteiger partial charge in [0.2, 0.25) is 5.91 Å². The highest BCUT2D eigenvalue weighted by atomic mass is 79.9. The van der Waals surface area contributed by atoms with Crippen LogP contribution in [0, 0.1) is 17.8 Å². The number of halogens is 1. The Kier molecular flexibility index (Phi) is 4.39. The molecule has 0 aliphatic heterocycles. The maximum absolute atomic E-state index is 12.4. The predicted molar refractivity (Wildman–Crippen MR) is 83.4 cm³/mol. The number of pyridine rings is 1. The van der Waals surface area contributed by atoms with Gasteiger partial charge in [0, 0.05) is 5.92 Å². The van der Waals surface area contributed by atoms with E-state index in [0.29, 0.717) is 5.82 Å². The summed E-state index contributed by atoms with van der Waals surface area (Å²) in [5.74, 6) is 2.64. The van der Waals surface area contributed by atoms with Gasteiger partial charge < -0.3 is 5.32 Å². The van der Waals surface area contributed by atoms with Crippen molar-refractivity contribution in [3.63, 3.8) is 0 Å². The van der Waals surface area contributed by atoms with Gasteiger partial charge >= 0.3 is 0 Å². The summed E-state index contributed by atoms with van der Waals surface area (Å²) in [6.07, 6.45) is 8.79. The molecule has 108 valence electrons. The molecule has 3 atom stereocenters. The lowest BCUT2D eigenvalue weighted by molar-refractivity contribution is -0.122. The van der Waals surface area contributed by atoms with Gasteiger partial charge in [-0.25, -0.2) is 4.98 Å². The maximum Gasteiger partial charge on any atom is 0.228 e. The van der Waals surface area contributed by atoms with Crippen LogP contribution in [-0.2, 0) is 4.79 Å². The van der Waals surface area contributed by atoms with Crippen molar-refractivity contribution in [3.8, 4) is 0 Å². The predicted octanol–water partition coefficient (Wildman–Crippen LogP) is 4.39. The molecule has 0 aromatic carbocycles. The number of nitrogens with one attached hydrogen (secondary N) is 1. The van der Waals surface area contributed by atoms with Crippen LogP contribution in [0.1, 0.15) is 44.9 Å². The van der Waals surface area contributed by atoms with Crippen LogP contribution in [0.4, 0.5) is 5.82 Å². The minimum atomic E-state index is 0.152. The van der Waals surface area contributed by atoms with E-state index in [9.17, 15) is 4.79 Å². The SMILES string of the molecule is O=C(Nc1cccc(Br)n1)C1CCC2CCCCC2C1. The minimum Gasteiger partial charge on any atom is -0.310 e. The third-order valence-electron chi connectivity index (χ3n) is 4.88. The van der Waals surface area contributed by atoms with Gasteiger partial charge in [-0.05, 0) is 59.2 Å². The van der Waals surface area contributed by atoms with Crippen molar-refractivity contribution >= 4 is 27.7 Å². The number of fused-ring (bicyclic) bond motifs is 1. The largest absolute Gasteiger partial charge is 0.310 e. The normalized spacial score (nSPS) is 29.6. The molecular weight excluding hydrogens is 316 g/mol. The van der Waals surface area contributed by atoms with Crippen LogP contribution in [0.15, 0.2) is 22.8 Å². The van der Waals surface area contributed by atoms with E-state index in [0.717, 1.165) is 29.3 Å². The molecule has 0 radical (unpaired) electrons. The standard InChI is InChI=1S/C16H21BrN2O/c17-14-6-3-7-15(18-14)19-16(20)13-9-8-11-4-1-2-5-12(11)10-13/h3,6-7,11-13H,1-2,4-5,8-10H2,(H,18,19,20). The lowest BCUT2D eigenvalue weighted by Crippen LogP contribution is -2.34. The van der Waals surface area contributed by atoms with E-state index < -0.39 is 0 Å². The molecule has 1 aromatic heterocycles. The highest BCUT2D eigenvalue weighted by molar-refractivity contribution is 9.10. The molecule has 2 aliphatic rings. The highest BCUT2D eigenvalue weighted by Crippen LogP contribution is 2.42. The Morgan fingerprint density at radius 1 is 1.15 bits per heavy atom. The number of amides is 1. The summed E-state index contributed by atoms with van der Waals surface area (Å²) < 4.78 is 0.756. The summed E-state index contributed by atoms with van der Waals surface area (Å²) in [7, 11) is 0. The molecule has 4 heteroatoms. The fraction of sp³-hybridized carbons (Fsp3) is 0.625. The van der Waals surface area contributed by atoms with Crippen LogP contribution in [-0.4, -0.2) is 10.9 Å². The molecule has 2 aliphatic carbocycles. The van der Waals surface area contributed by atoms with Crippen LogP contribution >= 0.6 is 15.9 Å². The molecular formula is C16H21BrN2O. The lowest BCUT2D eigenvalue weighted by atomic mass is 9.67. The minimum absolute atomic E-state index is 0.152. The molecule has 20 heavy (non-hydrogen) atoms. The third kappa shape index (κ3) is 3.22. The average molecular weight is 337 g/mol. The Morgan fingerprint density at radius 3 is 2.75 bits per heavy atom. The maximum atomic E-state index is 12.4. The molecule has 3 rings (SSSR count). The zero-order chi connectivity index (χ0) is 13.9. The zero-order valence-electron chi connectivity index (χ0n) is 11.6. The molecule has 0 bridgehead atoms. The van der Waals surface area contributed by atoms with Gasteiger partial charge in [0.25, 0.3) is 0 Å². The van der Waals surface area contributed by atoms with Crippen molar-refractivity contribution in [1.29, 1.82) is 0 Å². The Labute approximate surface area is 128 Å². The number of nitrogens with zero attached hydrogens (tertiary/aromatic N) is 1. The van der Waals surface area contributed by atoms with Crippen molar-refractivity contribution in [2.45, 2.75) is 44.9 Å². The monoisotopic (exact) mass is 336 g/mol. The zero-order valence-corrected chi connectivity index (χ0v) is 13.2. The molecule has 2 saturated carbocycles. The number of carbonyl (C=O) groups is 1. The van der Waals surface area contributed by atoms with Crippen molar-refractivity contribution in [1.82, 2.24) is 4.98 Å². The van der Waals surface area contributed by atoms with Gasteiger partial charge in [0.05, 0.1) is 0 Å². The summed E-state index contributed by atoms with van der Waals surface area (Å²) in [5, 5.41) is 2.97. The Hall–Kier alpha value is -0.900. The van der Waals surface area contributed by atoms with Gasteiger partial charge in [0.1, 0.15) is 10.4 Å². The number of rotatable bonds is 2. The van der Waals surface area contributed by atoms with Gasteiger partial charge in [-0.3, -0.25) is 4.79 Å². The average Bonchev–Trinajstić information content (AvgIpc) is 2.47. The summed E-state index contributed by atoms with van der Waals surface area (Å²) in [6.45, 7) is 0. The Morgan fingerprint density at radius 2 is 1.95 bits per heavy atom. The van der Waals surface area contributed by atoms with E-state index >= 15 is 0 Å². The first kappa shape index (κ1) is 14.1.